The molecule has 0 aliphatic carbocycles. The number of hydrogen-bond acceptors (Lipinski definition) is 6. The monoisotopic (exact) mass is 434 g/mol. The molecule has 6 nitrogen and oxygen atoms in total. The molecule has 0 fully saturated rings. The van der Waals surface area contributed by atoms with E-state index in [-0.39, 0.29) is 18.4 Å². The second kappa shape index (κ2) is 9.66. The number of imide groups is 1. The van der Waals surface area contributed by atoms with Crippen molar-refractivity contribution in [3.05, 3.63) is 89.0 Å². The SMILES string of the molecule is CCCOc1ccc(C2=C(SCc3ccco3)C(=O)N(Cc3ccccn3)C2=O)cc1. The zero-order chi connectivity index (χ0) is 21.6. The molecule has 1 aliphatic rings. The fraction of sp³-hybridized carbons (Fsp3) is 0.208. The van der Waals surface area contributed by atoms with Crippen molar-refractivity contribution in [2.24, 2.45) is 0 Å². The number of carbonyl (C=O) groups excluding carboxylic acids is 2. The molecule has 0 saturated heterocycles. The van der Waals surface area contributed by atoms with Gasteiger partial charge in [0.1, 0.15) is 11.5 Å². The standard InChI is InChI=1S/C24H22N2O4S/c1-2-13-29-19-10-8-17(9-11-19)21-22(31-16-20-7-5-14-30-20)24(28)26(23(21)27)15-18-6-3-4-12-25-18/h3-12,14H,2,13,15-16H2,1H3. The van der Waals surface area contributed by atoms with Gasteiger partial charge in [0.2, 0.25) is 0 Å². The minimum atomic E-state index is -0.320. The molecule has 0 unspecified atom stereocenters. The Hall–Kier alpha value is -3.32. The Balaban J connectivity index is 1.63. The first-order valence-corrected chi connectivity index (χ1v) is 11.0. The molecule has 31 heavy (non-hydrogen) atoms. The van der Waals surface area contributed by atoms with Crippen LogP contribution < -0.4 is 4.74 Å². The Kier molecular flexibility index (Phi) is 6.52. The number of ether oxygens (including phenoxy) is 1. The molecule has 1 aliphatic heterocycles. The Labute approximate surface area is 184 Å². The van der Waals surface area contributed by atoms with Gasteiger partial charge < -0.3 is 9.15 Å². The van der Waals surface area contributed by atoms with Crippen LogP contribution in [0, 0.1) is 0 Å². The second-order valence-electron chi connectivity index (χ2n) is 6.96. The van der Waals surface area contributed by atoms with E-state index in [2.05, 4.69) is 4.98 Å². The molecule has 4 rings (SSSR count). The highest BCUT2D eigenvalue weighted by molar-refractivity contribution is 8.03. The van der Waals surface area contributed by atoms with E-state index in [0.29, 0.717) is 34.1 Å². The van der Waals surface area contributed by atoms with Crippen LogP contribution in [-0.2, 0) is 21.9 Å². The van der Waals surface area contributed by atoms with Crippen LogP contribution in [0.15, 0.2) is 76.4 Å². The first-order chi connectivity index (χ1) is 15.2. The summed E-state index contributed by atoms with van der Waals surface area (Å²) in [6.07, 6.45) is 4.15. The molecule has 3 aromatic rings. The van der Waals surface area contributed by atoms with Crippen molar-refractivity contribution >= 4 is 29.1 Å². The minimum absolute atomic E-state index is 0.129. The van der Waals surface area contributed by atoms with E-state index in [1.54, 1.807) is 30.7 Å². The van der Waals surface area contributed by atoms with Gasteiger partial charge in [0, 0.05) is 6.20 Å². The van der Waals surface area contributed by atoms with Gasteiger partial charge in [0.25, 0.3) is 11.8 Å². The second-order valence-corrected chi connectivity index (χ2v) is 7.95. The highest BCUT2D eigenvalue weighted by Gasteiger charge is 2.39. The van der Waals surface area contributed by atoms with Crippen LogP contribution in [0.2, 0.25) is 0 Å². The molecule has 0 radical (unpaired) electrons. The van der Waals surface area contributed by atoms with Crippen molar-refractivity contribution in [3.8, 4) is 5.75 Å². The van der Waals surface area contributed by atoms with Gasteiger partial charge in [-0.25, -0.2) is 0 Å². The molecule has 158 valence electrons. The predicted octanol–water partition coefficient (Wildman–Crippen LogP) is 4.68. The summed E-state index contributed by atoms with van der Waals surface area (Å²) in [5.41, 5.74) is 1.75. The number of rotatable bonds is 9. The molecule has 1 aromatic carbocycles. The Morgan fingerprint density at radius 2 is 1.87 bits per heavy atom. The van der Waals surface area contributed by atoms with E-state index < -0.39 is 0 Å². The topological polar surface area (TPSA) is 72.6 Å². The van der Waals surface area contributed by atoms with Gasteiger partial charge in [-0.15, -0.1) is 11.8 Å². The summed E-state index contributed by atoms with van der Waals surface area (Å²) in [5, 5.41) is 0. The Morgan fingerprint density at radius 3 is 2.55 bits per heavy atom. The summed E-state index contributed by atoms with van der Waals surface area (Å²) in [6, 6.07) is 16.4. The van der Waals surface area contributed by atoms with Crippen LogP contribution in [0.25, 0.3) is 5.57 Å². The number of aromatic nitrogens is 1. The van der Waals surface area contributed by atoms with Crippen molar-refractivity contribution in [1.29, 1.82) is 0 Å². The third kappa shape index (κ3) is 4.72. The zero-order valence-electron chi connectivity index (χ0n) is 17.1. The summed E-state index contributed by atoms with van der Waals surface area (Å²) >= 11 is 1.31. The first kappa shape index (κ1) is 20.9. The van der Waals surface area contributed by atoms with E-state index >= 15 is 0 Å². The van der Waals surface area contributed by atoms with E-state index in [9.17, 15) is 9.59 Å². The molecule has 0 N–H and O–H groups in total. The average Bonchev–Trinajstić information content (AvgIpc) is 3.40. The number of furan rings is 1. The summed E-state index contributed by atoms with van der Waals surface area (Å²) in [5.74, 6) is 1.30. The lowest BCUT2D eigenvalue weighted by Gasteiger charge is -2.14. The predicted molar refractivity (Wildman–Crippen MR) is 119 cm³/mol. The van der Waals surface area contributed by atoms with Crippen LogP contribution >= 0.6 is 11.8 Å². The number of benzene rings is 1. The molecule has 0 spiro atoms. The third-order valence-electron chi connectivity index (χ3n) is 4.73. The van der Waals surface area contributed by atoms with Crippen molar-refractivity contribution < 1.29 is 18.7 Å². The van der Waals surface area contributed by atoms with E-state index in [0.717, 1.165) is 17.9 Å². The molecule has 0 atom stereocenters. The molecular weight excluding hydrogens is 412 g/mol. The highest BCUT2D eigenvalue weighted by Crippen LogP contribution is 2.38. The lowest BCUT2D eigenvalue weighted by molar-refractivity contribution is -0.137. The maximum Gasteiger partial charge on any atom is 0.268 e. The smallest absolute Gasteiger partial charge is 0.268 e. The summed E-state index contributed by atoms with van der Waals surface area (Å²) in [4.78, 5) is 32.4. The van der Waals surface area contributed by atoms with Gasteiger partial charge in [0.15, 0.2) is 0 Å². The van der Waals surface area contributed by atoms with Gasteiger partial charge in [-0.1, -0.05) is 25.1 Å². The average molecular weight is 435 g/mol. The molecule has 3 heterocycles. The van der Waals surface area contributed by atoms with Crippen molar-refractivity contribution in [3.63, 3.8) is 0 Å². The van der Waals surface area contributed by atoms with Gasteiger partial charge in [-0.05, 0) is 48.4 Å². The van der Waals surface area contributed by atoms with E-state index in [4.69, 9.17) is 9.15 Å². The number of amides is 2. The number of hydrogen-bond donors (Lipinski definition) is 0. The fourth-order valence-corrected chi connectivity index (χ4v) is 4.25. The minimum Gasteiger partial charge on any atom is -0.494 e. The van der Waals surface area contributed by atoms with Crippen molar-refractivity contribution in [2.75, 3.05) is 6.61 Å². The summed E-state index contributed by atoms with van der Waals surface area (Å²) < 4.78 is 11.0. The van der Waals surface area contributed by atoms with Gasteiger partial charge in [0.05, 0.1) is 41.3 Å². The molecule has 0 saturated carbocycles. The third-order valence-corrected chi connectivity index (χ3v) is 5.82. The van der Waals surface area contributed by atoms with Crippen LogP contribution in [0.4, 0.5) is 0 Å². The van der Waals surface area contributed by atoms with Crippen LogP contribution in [0.3, 0.4) is 0 Å². The Morgan fingerprint density at radius 1 is 1.03 bits per heavy atom. The number of thioether (sulfide) groups is 1. The number of carbonyl (C=O) groups is 2. The molecule has 2 amide bonds. The van der Waals surface area contributed by atoms with E-state index in [1.165, 1.54) is 16.7 Å². The quantitative estimate of drug-likeness (QED) is 0.456. The molecule has 7 heteroatoms. The van der Waals surface area contributed by atoms with Gasteiger partial charge in [-0.3, -0.25) is 19.5 Å². The lowest BCUT2D eigenvalue weighted by Crippen LogP contribution is -2.31. The number of pyridine rings is 1. The van der Waals surface area contributed by atoms with Crippen LogP contribution in [0.5, 0.6) is 5.75 Å². The summed E-state index contributed by atoms with van der Waals surface area (Å²) in [7, 11) is 0. The van der Waals surface area contributed by atoms with E-state index in [1.807, 2.05) is 43.3 Å². The van der Waals surface area contributed by atoms with Gasteiger partial charge >= 0.3 is 0 Å². The van der Waals surface area contributed by atoms with Crippen LogP contribution in [0.1, 0.15) is 30.4 Å². The normalized spacial score (nSPS) is 13.9. The first-order valence-electron chi connectivity index (χ1n) is 10.1. The van der Waals surface area contributed by atoms with Gasteiger partial charge in [-0.2, -0.15) is 0 Å². The van der Waals surface area contributed by atoms with Crippen molar-refractivity contribution in [2.45, 2.75) is 25.6 Å². The maximum atomic E-state index is 13.3. The number of nitrogens with zero attached hydrogens (tertiary/aromatic N) is 2. The van der Waals surface area contributed by atoms with Crippen LogP contribution in [-0.4, -0.2) is 28.3 Å². The zero-order valence-corrected chi connectivity index (χ0v) is 17.9. The highest BCUT2D eigenvalue weighted by atomic mass is 32.2. The lowest BCUT2D eigenvalue weighted by atomic mass is 10.1. The molecule has 0 bridgehead atoms. The molecular formula is C24H22N2O4S. The van der Waals surface area contributed by atoms with Crippen molar-refractivity contribution in [1.82, 2.24) is 9.88 Å². The molecule has 2 aromatic heterocycles. The maximum absolute atomic E-state index is 13.3. The largest absolute Gasteiger partial charge is 0.494 e. The fourth-order valence-electron chi connectivity index (χ4n) is 3.22. The summed E-state index contributed by atoms with van der Waals surface area (Å²) in [6.45, 7) is 2.80. The Bertz CT molecular complexity index is 1080.